The molecule has 0 heterocycles. The van der Waals surface area contributed by atoms with Crippen LogP contribution in [0.3, 0.4) is 0 Å². The smallest absolute Gasteiger partial charge is 0.133 e. The summed E-state index contributed by atoms with van der Waals surface area (Å²) in [5.74, 6) is 1.50. The average Bonchev–Trinajstić information content (AvgIpc) is 2.27. The van der Waals surface area contributed by atoms with Gasteiger partial charge in [-0.05, 0) is 41.4 Å². The predicted octanol–water partition coefficient (Wildman–Crippen LogP) is 3.85. The highest BCUT2D eigenvalue weighted by atomic mass is 79.9. The van der Waals surface area contributed by atoms with Crippen molar-refractivity contribution in [2.45, 2.75) is 19.4 Å². The van der Waals surface area contributed by atoms with Gasteiger partial charge in [0.1, 0.15) is 11.5 Å². The standard InChI is InChI=1S/C13H18BrNO2.ClH/c1-8(2)5-11(15)9-6-13(17-4)10(14)7-12(9)16-3;/h6-7,11H,1,5,15H2,2-4H3;1H/t11-;/m1./s1. The number of benzene rings is 1. The minimum absolute atomic E-state index is 0. The molecule has 0 aliphatic heterocycles. The van der Waals surface area contributed by atoms with E-state index < -0.39 is 0 Å². The Kier molecular flexibility index (Phi) is 7.36. The maximum absolute atomic E-state index is 6.13. The minimum atomic E-state index is -0.135. The molecule has 5 heteroatoms. The third kappa shape index (κ3) is 4.19. The zero-order chi connectivity index (χ0) is 13.0. The summed E-state index contributed by atoms with van der Waals surface area (Å²) < 4.78 is 11.4. The highest BCUT2D eigenvalue weighted by Crippen LogP contribution is 2.36. The van der Waals surface area contributed by atoms with E-state index in [2.05, 4.69) is 22.5 Å². The van der Waals surface area contributed by atoms with Crippen molar-refractivity contribution in [3.8, 4) is 11.5 Å². The van der Waals surface area contributed by atoms with Gasteiger partial charge in [0.25, 0.3) is 0 Å². The van der Waals surface area contributed by atoms with E-state index >= 15 is 0 Å². The van der Waals surface area contributed by atoms with Crippen molar-refractivity contribution in [3.05, 3.63) is 34.3 Å². The molecule has 3 nitrogen and oxygen atoms in total. The monoisotopic (exact) mass is 335 g/mol. The first-order chi connectivity index (χ1) is 7.99. The third-order valence-corrected chi connectivity index (χ3v) is 3.09. The van der Waals surface area contributed by atoms with Crippen molar-refractivity contribution in [3.63, 3.8) is 0 Å². The van der Waals surface area contributed by atoms with Crippen molar-refractivity contribution in [2.75, 3.05) is 14.2 Å². The van der Waals surface area contributed by atoms with Gasteiger partial charge in [-0.3, -0.25) is 0 Å². The van der Waals surface area contributed by atoms with Crippen molar-refractivity contribution in [1.82, 2.24) is 0 Å². The van der Waals surface area contributed by atoms with Crippen LogP contribution in [0, 0.1) is 0 Å². The van der Waals surface area contributed by atoms with Crippen LogP contribution in [0.2, 0.25) is 0 Å². The van der Waals surface area contributed by atoms with Crippen LogP contribution in [-0.2, 0) is 0 Å². The van der Waals surface area contributed by atoms with Gasteiger partial charge in [-0.1, -0.05) is 5.57 Å². The van der Waals surface area contributed by atoms with Gasteiger partial charge >= 0.3 is 0 Å². The predicted molar refractivity (Wildman–Crippen MR) is 80.9 cm³/mol. The van der Waals surface area contributed by atoms with Crippen molar-refractivity contribution < 1.29 is 9.47 Å². The normalized spacial score (nSPS) is 11.4. The van der Waals surface area contributed by atoms with E-state index in [1.165, 1.54) is 0 Å². The molecule has 1 atom stereocenters. The van der Waals surface area contributed by atoms with E-state index in [0.29, 0.717) is 0 Å². The Hall–Kier alpha value is -0.710. The van der Waals surface area contributed by atoms with Crippen LogP contribution in [0.15, 0.2) is 28.8 Å². The minimum Gasteiger partial charge on any atom is -0.496 e. The summed E-state index contributed by atoms with van der Waals surface area (Å²) in [6.07, 6.45) is 0.723. The molecule has 1 rings (SSSR count). The van der Waals surface area contributed by atoms with E-state index in [1.807, 2.05) is 19.1 Å². The number of nitrogens with two attached hydrogens (primary N) is 1. The molecule has 0 fully saturated rings. The Bertz CT molecular complexity index is 424. The molecule has 0 amide bonds. The molecule has 0 unspecified atom stereocenters. The van der Waals surface area contributed by atoms with Gasteiger partial charge < -0.3 is 15.2 Å². The molecule has 0 bridgehead atoms. The average molecular weight is 337 g/mol. The summed E-state index contributed by atoms with van der Waals surface area (Å²) in [5.41, 5.74) is 8.10. The second kappa shape index (κ2) is 7.67. The van der Waals surface area contributed by atoms with Gasteiger partial charge in [-0.15, -0.1) is 19.0 Å². The molecule has 0 aliphatic rings. The van der Waals surface area contributed by atoms with Crippen LogP contribution in [0.25, 0.3) is 0 Å². The first-order valence-corrected chi connectivity index (χ1v) is 6.10. The van der Waals surface area contributed by atoms with Crippen LogP contribution in [0.1, 0.15) is 24.9 Å². The Morgan fingerprint density at radius 1 is 1.33 bits per heavy atom. The van der Waals surface area contributed by atoms with Crippen LogP contribution in [0.4, 0.5) is 0 Å². The molecule has 1 aromatic carbocycles. The number of methoxy groups -OCH3 is 2. The molecule has 0 aromatic heterocycles. The van der Waals surface area contributed by atoms with E-state index in [9.17, 15) is 0 Å². The fraction of sp³-hybridized carbons (Fsp3) is 0.385. The van der Waals surface area contributed by atoms with Crippen LogP contribution in [0.5, 0.6) is 11.5 Å². The van der Waals surface area contributed by atoms with Gasteiger partial charge in [0.05, 0.1) is 18.7 Å². The Labute approximate surface area is 123 Å². The second-order valence-electron chi connectivity index (χ2n) is 4.00. The lowest BCUT2D eigenvalue weighted by atomic mass is 10.00. The Morgan fingerprint density at radius 3 is 2.33 bits per heavy atom. The summed E-state index contributed by atoms with van der Waals surface area (Å²) in [6, 6.07) is 3.63. The summed E-state index contributed by atoms with van der Waals surface area (Å²) in [4.78, 5) is 0. The quantitative estimate of drug-likeness (QED) is 0.831. The van der Waals surface area contributed by atoms with Gasteiger partial charge in [-0.2, -0.15) is 0 Å². The molecule has 0 saturated carbocycles. The molecule has 0 spiro atoms. The summed E-state index contributed by atoms with van der Waals surface area (Å²) in [5, 5.41) is 0. The van der Waals surface area contributed by atoms with Gasteiger partial charge in [0.15, 0.2) is 0 Å². The first-order valence-electron chi connectivity index (χ1n) is 5.31. The maximum Gasteiger partial charge on any atom is 0.133 e. The number of hydrogen-bond donors (Lipinski definition) is 1. The Balaban J connectivity index is 0.00000289. The molecule has 2 N–H and O–H groups in total. The van der Waals surface area contributed by atoms with Crippen molar-refractivity contribution in [2.24, 2.45) is 5.73 Å². The lowest BCUT2D eigenvalue weighted by Crippen LogP contribution is -2.12. The van der Waals surface area contributed by atoms with Crippen LogP contribution in [-0.4, -0.2) is 14.2 Å². The van der Waals surface area contributed by atoms with Crippen molar-refractivity contribution in [1.29, 1.82) is 0 Å². The van der Waals surface area contributed by atoms with E-state index in [0.717, 1.165) is 33.5 Å². The summed E-state index contributed by atoms with van der Waals surface area (Å²) >= 11 is 3.42. The molecule has 102 valence electrons. The fourth-order valence-corrected chi connectivity index (χ4v) is 2.14. The van der Waals surface area contributed by atoms with E-state index in [-0.39, 0.29) is 18.4 Å². The highest BCUT2D eigenvalue weighted by molar-refractivity contribution is 9.10. The molecule has 0 aliphatic carbocycles. The third-order valence-electron chi connectivity index (χ3n) is 2.47. The van der Waals surface area contributed by atoms with E-state index in [1.54, 1.807) is 14.2 Å². The maximum atomic E-state index is 6.13. The van der Waals surface area contributed by atoms with Gasteiger partial charge in [0.2, 0.25) is 0 Å². The number of halogens is 2. The zero-order valence-electron chi connectivity index (χ0n) is 10.8. The largest absolute Gasteiger partial charge is 0.496 e. The molecule has 0 saturated heterocycles. The SMILES string of the molecule is C=C(C)C[C@@H](N)c1cc(OC)c(Br)cc1OC.Cl. The van der Waals surface area contributed by atoms with Gasteiger partial charge in [0, 0.05) is 11.6 Å². The number of rotatable bonds is 5. The summed E-state index contributed by atoms with van der Waals surface area (Å²) in [6.45, 7) is 5.84. The van der Waals surface area contributed by atoms with Crippen LogP contribution >= 0.6 is 28.3 Å². The molecule has 18 heavy (non-hydrogen) atoms. The highest BCUT2D eigenvalue weighted by Gasteiger charge is 2.15. The zero-order valence-corrected chi connectivity index (χ0v) is 13.2. The number of ether oxygens (including phenoxy) is 2. The lowest BCUT2D eigenvalue weighted by Gasteiger charge is -2.17. The fourth-order valence-electron chi connectivity index (χ4n) is 1.66. The van der Waals surface area contributed by atoms with E-state index in [4.69, 9.17) is 15.2 Å². The topological polar surface area (TPSA) is 44.5 Å². The lowest BCUT2D eigenvalue weighted by molar-refractivity contribution is 0.393. The summed E-state index contributed by atoms with van der Waals surface area (Å²) in [7, 11) is 3.26. The number of hydrogen-bond acceptors (Lipinski definition) is 3. The van der Waals surface area contributed by atoms with Gasteiger partial charge in [-0.25, -0.2) is 0 Å². The molecule has 1 aromatic rings. The van der Waals surface area contributed by atoms with Crippen molar-refractivity contribution >= 4 is 28.3 Å². The molecular weight excluding hydrogens is 318 g/mol. The molecule has 0 radical (unpaired) electrons. The second-order valence-corrected chi connectivity index (χ2v) is 4.85. The van der Waals surface area contributed by atoms with Crippen LogP contribution < -0.4 is 15.2 Å². The first kappa shape index (κ1) is 17.3. The molecular formula is C13H19BrClNO2. The Morgan fingerprint density at radius 2 is 1.89 bits per heavy atom.